The summed E-state index contributed by atoms with van der Waals surface area (Å²) >= 11 is 8.94. The van der Waals surface area contributed by atoms with E-state index >= 15 is 0 Å². The van der Waals surface area contributed by atoms with E-state index in [1.165, 1.54) is 0 Å². The Labute approximate surface area is 135 Å². The molecule has 1 saturated heterocycles. The fourth-order valence-corrected chi connectivity index (χ4v) is 294. The minimum Gasteiger partial charge on any atom is -0.134 e. The monoisotopic (exact) mass is 476 g/mol. The zero-order valence-electron chi connectivity index (χ0n) is 13.8. The van der Waals surface area contributed by atoms with Crippen molar-refractivity contribution >= 4 is 70.5 Å². The Hall–Kier alpha value is 2.26. The van der Waals surface area contributed by atoms with Crippen molar-refractivity contribution in [1.82, 2.24) is 0 Å². The quantitative estimate of drug-likeness (QED) is 0.330. The van der Waals surface area contributed by atoms with E-state index in [1.807, 2.05) is 0 Å². The fourth-order valence-electron chi connectivity index (χ4n) is 3.91. The summed E-state index contributed by atoms with van der Waals surface area (Å²) in [5, 5.41) is 0. The Morgan fingerprint density at radius 2 is 0.500 bits per heavy atom. The molecule has 0 nitrogen and oxygen atoms in total. The van der Waals surface area contributed by atoms with Gasteiger partial charge in [0, 0.05) is 28.4 Å². The van der Waals surface area contributed by atoms with E-state index in [-0.39, 0.29) is 0 Å². The fraction of sp³-hybridized carbons (Fsp3) is 1.00. The third-order valence-corrected chi connectivity index (χ3v) is 196. The molecule has 0 atom stereocenters. The van der Waals surface area contributed by atoms with Crippen LogP contribution >= 0.6 is 30.6 Å². The molecule has 1 heterocycles. The number of halogens is 2. The van der Waals surface area contributed by atoms with E-state index in [9.17, 15) is 0 Å². The average molecular weight is 479 g/mol. The van der Waals surface area contributed by atoms with Gasteiger partial charge in [-0.05, 0) is 0 Å². The van der Waals surface area contributed by atoms with Crippen molar-refractivity contribution in [2.24, 2.45) is 0 Å². The molecule has 0 radical (unpaired) electrons. The van der Waals surface area contributed by atoms with Crippen LogP contribution < -0.4 is 0 Å². The van der Waals surface area contributed by atoms with Gasteiger partial charge >= 0.3 is 0 Å². The third-order valence-electron chi connectivity index (χ3n) is 7.82. The van der Waals surface area contributed by atoms with Crippen molar-refractivity contribution in [2.45, 2.75) is 65.5 Å². The van der Waals surface area contributed by atoms with E-state index in [0.717, 1.165) is 0 Å². The van der Waals surface area contributed by atoms with Gasteiger partial charge in [0.25, 0.3) is 0 Å². The van der Waals surface area contributed by atoms with Gasteiger partial charge in [0.1, 0.15) is 11.5 Å². The standard InChI is InChI=1S/C10H30Br2Si6/c1-13(2)14(3,4)18(10,12)16(7,8)15(5,6)17(13,9)11/h1-10H3. The van der Waals surface area contributed by atoms with Crippen LogP contribution in [-0.2, 0) is 0 Å². The smallest absolute Gasteiger partial charge is 0.106 e. The van der Waals surface area contributed by atoms with Gasteiger partial charge in [-0.3, -0.25) is 0 Å². The lowest BCUT2D eigenvalue weighted by Gasteiger charge is -2.70. The van der Waals surface area contributed by atoms with Crippen molar-refractivity contribution < 1.29 is 0 Å². The largest absolute Gasteiger partial charge is 0.134 e. The van der Waals surface area contributed by atoms with Gasteiger partial charge in [-0.1, -0.05) is 65.5 Å². The topological polar surface area (TPSA) is 0 Å². The van der Waals surface area contributed by atoms with E-state index in [2.05, 4.69) is 96.1 Å². The number of rotatable bonds is 0. The molecule has 0 aromatic rings. The molecule has 1 aliphatic heterocycles. The van der Waals surface area contributed by atoms with Gasteiger partial charge in [0.05, 0.1) is 0 Å². The molecule has 108 valence electrons. The van der Waals surface area contributed by atoms with E-state index in [1.54, 1.807) is 0 Å². The molecule has 0 unspecified atom stereocenters. The molecule has 18 heavy (non-hydrogen) atoms. The Kier molecular flexibility index (Phi) is 4.46. The first kappa shape index (κ1) is 18.3. The summed E-state index contributed by atoms with van der Waals surface area (Å²) in [7, 11) is -4.40. The summed E-state index contributed by atoms with van der Waals surface area (Å²) in [6.45, 7) is 27.5. The number of hydrogen-bond acceptors (Lipinski definition) is 0. The minimum absolute atomic E-state index is 1.10. The van der Waals surface area contributed by atoms with Gasteiger partial charge in [-0.15, -0.1) is 30.6 Å². The van der Waals surface area contributed by atoms with Crippen molar-refractivity contribution in [3.8, 4) is 0 Å². The maximum absolute atomic E-state index is 4.47. The Morgan fingerprint density at radius 1 is 0.389 bits per heavy atom. The van der Waals surface area contributed by atoms with Gasteiger partial charge in [-0.25, -0.2) is 0 Å². The highest BCUT2D eigenvalue weighted by molar-refractivity contribution is 9.33. The molecule has 8 heteroatoms. The molecule has 1 aliphatic rings. The van der Waals surface area contributed by atoms with Gasteiger partial charge in [0.15, 0.2) is 0 Å². The molecular weight excluding hydrogens is 448 g/mol. The molecule has 0 amide bonds. The average Bonchev–Trinajstić information content (AvgIpc) is 2.14. The molecule has 0 bridgehead atoms. The van der Waals surface area contributed by atoms with Crippen LogP contribution in [0.1, 0.15) is 0 Å². The highest BCUT2D eigenvalue weighted by atomic mass is 79.9. The van der Waals surface area contributed by atoms with Gasteiger partial charge in [0.2, 0.25) is 0 Å². The summed E-state index contributed by atoms with van der Waals surface area (Å²) in [5.74, 6) is 0. The Balaban J connectivity index is 3.72. The van der Waals surface area contributed by atoms with Crippen LogP contribution in [0.2, 0.25) is 65.5 Å². The summed E-state index contributed by atoms with van der Waals surface area (Å²) in [6, 6.07) is 0. The summed E-state index contributed by atoms with van der Waals surface area (Å²) < 4.78 is 0. The maximum Gasteiger partial charge on any atom is 0.106 e. The second-order valence-electron chi connectivity index (χ2n) is 8.51. The lowest BCUT2D eigenvalue weighted by molar-refractivity contribution is 1.79. The summed E-state index contributed by atoms with van der Waals surface area (Å²) in [6.07, 6.45) is 0. The maximum atomic E-state index is 4.47. The molecule has 1 fully saturated rings. The Bertz CT molecular complexity index is 256. The SMILES string of the molecule is C[Si]1(C)[Si](C)(C)[Si](C)(Br)[Si](C)(C)[Si](C)(C)[Si]1(C)Br. The second-order valence-corrected chi connectivity index (χ2v) is 94.8. The summed E-state index contributed by atoms with van der Waals surface area (Å²) in [4.78, 5) is 0. The molecule has 0 aromatic heterocycles. The molecule has 1 rings (SSSR count). The van der Waals surface area contributed by atoms with Crippen molar-refractivity contribution in [2.75, 3.05) is 0 Å². The first-order chi connectivity index (χ1) is 7.50. The molecule has 0 aliphatic carbocycles. The lowest BCUT2D eigenvalue weighted by atomic mass is 11.9. The van der Waals surface area contributed by atoms with Crippen LogP contribution in [0.3, 0.4) is 0 Å². The van der Waals surface area contributed by atoms with Crippen LogP contribution in [0.4, 0.5) is 0 Å². The molecule has 0 aromatic carbocycles. The van der Waals surface area contributed by atoms with Gasteiger partial charge < -0.3 is 0 Å². The normalized spacial score (nSPS) is 44.7. The summed E-state index contributed by atoms with van der Waals surface area (Å²) in [5.41, 5.74) is -2.37. The van der Waals surface area contributed by atoms with E-state index < -0.39 is 39.9 Å². The number of hydrogen-bond donors (Lipinski definition) is 0. The first-order valence-electron chi connectivity index (χ1n) is 6.88. The molecule has 0 N–H and O–H groups in total. The molecule has 0 spiro atoms. The first-order valence-corrected chi connectivity index (χ1v) is 34.4. The highest BCUT2D eigenvalue weighted by Gasteiger charge is 2.78. The highest BCUT2D eigenvalue weighted by Crippen LogP contribution is 2.55. The van der Waals surface area contributed by atoms with Gasteiger partial charge in [-0.2, -0.15) is 0 Å². The Morgan fingerprint density at radius 3 is 0.611 bits per heavy atom. The predicted octanol–water partition coefficient (Wildman–Crippen LogP) is 5.24. The third kappa shape index (κ3) is 1.72. The van der Waals surface area contributed by atoms with Crippen LogP contribution in [0, 0.1) is 0 Å². The van der Waals surface area contributed by atoms with Crippen molar-refractivity contribution in [1.29, 1.82) is 0 Å². The van der Waals surface area contributed by atoms with Crippen molar-refractivity contribution in [3.05, 3.63) is 0 Å². The van der Waals surface area contributed by atoms with E-state index in [0.29, 0.717) is 0 Å². The lowest BCUT2D eigenvalue weighted by Crippen LogP contribution is -2.99. The molecular formula is C10H30Br2Si6. The van der Waals surface area contributed by atoms with Crippen molar-refractivity contribution in [3.63, 3.8) is 0 Å². The predicted molar refractivity (Wildman–Crippen MR) is 111 cm³/mol. The second kappa shape index (κ2) is 4.39. The van der Waals surface area contributed by atoms with Crippen LogP contribution in [0.5, 0.6) is 0 Å². The minimum atomic E-state index is -1.19. The van der Waals surface area contributed by atoms with Crippen LogP contribution in [0.15, 0.2) is 0 Å². The molecule has 0 saturated carbocycles. The van der Waals surface area contributed by atoms with E-state index in [4.69, 9.17) is 0 Å². The zero-order chi connectivity index (χ0) is 15.0. The van der Waals surface area contributed by atoms with Crippen LogP contribution in [0.25, 0.3) is 0 Å². The zero-order valence-corrected chi connectivity index (χ0v) is 22.9. The van der Waals surface area contributed by atoms with Crippen LogP contribution in [-0.4, -0.2) is 39.9 Å².